The summed E-state index contributed by atoms with van der Waals surface area (Å²) >= 11 is 0. The fourth-order valence-corrected chi connectivity index (χ4v) is 8.50. The predicted octanol–water partition coefficient (Wildman–Crippen LogP) is 6.14. The molecule has 2 heteroatoms. The molecule has 150 valence electrons. The molecule has 0 N–H and O–H groups in total. The van der Waals surface area contributed by atoms with Gasteiger partial charge in [0.1, 0.15) is 6.29 Å². The molecule has 0 radical (unpaired) electrons. The number of hydrogen-bond donors (Lipinski definition) is 0. The molecule has 3 saturated carbocycles. The van der Waals surface area contributed by atoms with Gasteiger partial charge >= 0.3 is 0 Å². The molecule has 0 heterocycles. The zero-order valence-electron chi connectivity index (χ0n) is 17.9. The van der Waals surface area contributed by atoms with E-state index in [2.05, 4.69) is 27.7 Å². The van der Waals surface area contributed by atoms with Gasteiger partial charge in [-0.1, -0.05) is 39.7 Å². The molecule has 0 unspecified atom stereocenters. The van der Waals surface area contributed by atoms with Crippen molar-refractivity contribution in [3.63, 3.8) is 0 Å². The summed E-state index contributed by atoms with van der Waals surface area (Å²) in [4.78, 5) is 24.1. The van der Waals surface area contributed by atoms with Crippen LogP contribution in [0, 0.1) is 39.9 Å². The first-order valence-electron chi connectivity index (χ1n) is 11.5. The van der Waals surface area contributed by atoms with E-state index in [0.717, 1.165) is 49.9 Å². The van der Waals surface area contributed by atoms with E-state index in [4.69, 9.17) is 0 Å². The largest absolute Gasteiger partial charge is 0.303 e. The van der Waals surface area contributed by atoms with Crippen molar-refractivity contribution in [3.8, 4) is 0 Å². The van der Waals surface area contributed by atoms with Crippen molar-refractivity contribution in [1.29, 1.82) is 0 Å². The van der Waals surface area contributed by atoms with Gasteiger partial charge in [-0.2, -0.15) is 0 Å². The predicted molar refractivity (Wildman–Crippen MR) is 109 cm³/mol. The van der Waals surface area contributed by atoms with Gasteiger partial charge in [0.25, 0.3) is 0 Å². The van der Waals surface area contributed by atoms with E-state index in [9.17, 15) is 9.59 Å². The fraction of sp³-hybridized carbons (Fsp3) is 0.840. The van der Waals surface area contributed by atoms with Crippen molar-refractivity contribution >= 4 is 12.1 Å². The molecule has 7 atom stereocenters. The lowest BCUT2D eigenvalue weighted by Gasteiger charge is -2.59. The lowest BCUT2D eigenvalue weighted by atomic mass is 9.45. The van der Waals surface area contributed by atoms with E-state index >= 15 is 0 Å². The Morgan fingerprint density at radius 1 is 1.11 bits per heavy atom. The monoisotopic (exact) mass is 370 g/mol. The molecule has 0 aromatic heterocycles. The van der Waals surface area contributed by atoms with Gasteiger partial charge in [-0.05, 0) is 91.9 Å². The lowest BCUT2D eigenvalue weighted by Crippen LogP contribution is -2.52. The molecule has 4 aliphatic carbocycles. The molecule has 0 aliphatic heterocycles. The Hall–Kier alpha value is -0.920. The van der Waals surface area contributed by atoms with Crippen LogP contribution >= 0.6 is 0 Å². The number of fused-ring (bicyclic) bond motifs is 5. The summed E-state index contributed by atoms with van der Waals surface area (Å²) in [6.45, 7) is 9.45. The molecule has 2 nitrogen and oxygen atoms in total. The zero-order chi connectivity index (χ0) is 19.4. The van der Waals surface area contributed by atoms with E-state index in [1.165, 1.54) is 44.0 Å². The van der Waals surface area contributed by atoms with Crippen LogP contribution in [0.25, 0.3) is 0 Å². The third-order valence-electron chi connectivity index (χ3n) is 9.82. The van der Waals surface area contributed by atoms with Gasteiger partial charge in [-0.25, -0.2) is 0 Å². The summed E-state index contributed by atoms with van der Waals surface area (Å²) < 4.78 is 0. The van der Waals surface area contributed by atoms with Crippen LogP contribution in [0.1, 0.15) is 91.9 Å². The lowest BCUT2D eigenvalue weighted by molar-refractivity contribution is -0.126. The molecule has 3 fully saturated rings. The summed E-state index contributed by atoms with van der Waals surface area (Å²) in [6, 6.07) is 0. The van der Waals surface area contributed by atoms with Crippen molar-refractivity contribution in [1.82, 2.24) is 0 Å². The van der Waals surface area contributed by atoms with Gasteiger partial charge in [-0.3, -0.25) is 4.79 Å². The average Bonchev–Trinajstić information content (AvgIpc) is 3.00. The minimum Gasteiger partial charge on any atom is -0.303 e. The highest BCUT2D eigenvalue weighted by molar-refractivity contribution is 5.91. The normalized spacial score (nSPS) is 45.9. The molecule has 4 aliphatic rings. The van der Waals surface area contributed by atoms with Crippen molar-refractivity contribution in [3.05, 3.63) is 11.6 Å². The maximum absolute atomic E-state index is 12.1. The van der Waals surface area contributed by atoms with Crippen LogP contribution in [0.4, 0.5) is 0 Å². The smallest absolute Gasteiger partial charge is 0.155 e. The highest BCUT2D eigenvalue weighted by atomic mass is 16.1. The molecule has 0 aromatic rings. The molecule has 0 spiro atoms. The number of hydrogen-bond acceptors (Lipinski definition) is 2. The van der Waals surface area contributed by atoms with Gasteiger partial charge < -0.3 is 4.79 Å². The molecule has 0 amide bonds. The summed E-state index contributed by atoms with van der Waals surface area (Å²) in [5, 5.41) is 0. The number of rotatable bonds is 4. The van der Waals surface area contributed by atoms with Crippen molar-refractivity contribution < 1.29 is 9.59 Å². The number of carbonyl (C=O) groups excluding carboxylic acids is 2. The van der Waals surface area contributed by atoms with Crippen LogP contribution in [0.2, 0.25) is 0 Å². The summed E-state index contributed by atoms with van der Waals surface area (Å²) in [5.74, 6) is 3.21. The molecule has 0 aromatic carbocycles. The first-order chi connectivity index (χ1) is 12.8. The maximum Gasteiger partial charge on any atom is 0.155 e. The van der Waals surface area contributed by atoms with Crippen molar-refractivity contribution in [2.75, 3.05) is 0 Å². The quantitative estimate of drug-likeness (QED) is 0.557. The number of aldehydes is 1. The van der Waals surface area contributed by atoms with E-state index in [-0.39, 0.29) is 10.8 Å². The first kappa shape index (κ1) is 19.4. The Morgan fingerprint density at radius 3 is 2.59 bits per heavy atom. The first-order valence-corrected chi connectivity index (χ1v) is 11.5. The second-order valence-corrected chi connectivity index (χ2v) is 11.0. The molecular formula is C25H38O2. The van der Waals surface area contributed by atoms with Crippen molar-refractivity contribution in [2.24, 2.45) is 39.9 Å². The van der Waals surface area contributed by atoms with E-state index < -0.39 is 0 Å². The zero-order valence-corrected chi connectivity index (χ0v) is 17.9. The number of carbonyl (C=O) groups is 2. The third kappa shape index (κ3) is 2.72. The van der Waals surface area contributed by atoms with Gasteiger partial charge in [0, 0.05) is 11.8 Å². The summed E-state index contributed by atoms with van der Waals surface area (Å²) in [6.07, 6.45) is 14.7. The van der Waals surface area contributed by atoms with Gasteiger partial charge in [0.15, 0.2) is 5.78 Å². The molecule has 27 heavy (non-hydrogen) atoms. The maximum atomic E-state index is 12.1. The van der Waals surface area contributed by atoms with Gasteiger partial charge in [0.2, 0.25) is 0 Å². The van der Waals surface area contributed by atoms with E-state index in [1.54, 1.807) is 0 Å². The Balaban J connectivity index is 1.64. The standard InChI is InChI=1S/C25H38O2/c1-5-12-23(2,16-26)22-9-8-20-19-7-6-17-15-18(27)10-13-24(17,3)21(19)11-14-25(20,22)4/h15-16,19-22H,5-14H2,1-4H3/t19-,20-,21-,22+,23+,24-,25-/m0/s1. The SMILES string of the molecule is CCC[C@](C)(C=O)[C@H]1CC[C@H]2[C@@H]3CCC4=CC(=O)CC[C@]4(C)[C@H]3CC[C@@]21C. The minimum atomic E-state index is -0.147. The average molecular weight is 371 g/mol. The van der Waals surface area contributed by atoms with Crippen LogP contribution < -0.4 is 0 Å². The molecule has 4 rings (SSSR count). The molecule has 0 saturated heterocycles. The van der Waals surface area contributed by atoms with Gasteiger partial charge in [-0.15, -0.1) is 0 Å². The second kappa shape index (κ2) is 6.56. The Bertz CT molecular complexity index is 663. The topological polar surface area (TPSA) is 34.1 Å². The van der Waals surface area contributed by atoms with Crippen molar-refractivity contribution in [2.45, 2.75) is 91.9 Å². The third-order valence-corrected chi connectivity index (χ3v) is 9.82. The number of allylic oxidation sites excluding steroid dienone is 1. The Labute approximate surface area is 165 Å². The molecule has 0 bridgehead atoms. The minimum absolute atomic E-state index is 0.147. The molecular weight excluding hydrogens is 332 g/mol. The van der Waals surface area contributed by atoms with E-state index in [1.807, 2.05) is 6.08 Å². The Kier molecular flexibility index (Phi) is 4.71. The van der Waals surface area contributed by atoms with Crippen LogP contribution in [-0.2, 0) is 9.59 Å². The Morgan fingerprint density at radius 2 is 1.89 bits per heavy atom. The highest BCUT2D eigenvalue weighted by Gasteiger charge is 2.61. The fourth-order valence-electron chi connectivity index (χ4n) is 8.50. The van der Waals surface area contributed by atoms with Crippen LogP contribution in [0.3, 0.4) is 0 Å². The summed E-state index contributed by atoms with van der Waals surface area (Å²) in [7, 11) is 0. The second-order valence-electron chi connectivity index (χ2n) is 11.0. The number of ketones is 1. The van der Waals surface area contributed by atoms with Crippen LogP contribution in [0.15, 0.2) is 11.6 Å². The van der Waals surface area contributed by atoms with Gasteiger partial charge in [0.05, 0.1) is 0 Å². The summed E-state index contributed by atoms with van der Waals surface area (Å²) in [5.41, 5.74) is 1.90. The van der Waals surface area contributed by atoms with Crippen LogP contribution in [0.5, 0.6) is 0 Å². The highest BCUT2D eigenvalue weighted by Crippen LogP contribution is 2.68. The van der Waals surface area contributed by atoms with E-state index in [0.29, 0.717) is 17.1 Å². The van der Waals surface area contributed by atoms with Crippen LogP contribution in [-0.4, -0.2) is 12.1 Å².